The van der Waals surface area contributed by atoms with Crippen LogP contribution in [0.4, 0.5) is 4.79 Å². The fraction of sp³-hybridized carbons (Fsp3) is 0.533. The first kappa shape index (κ1) is 14.3. The molecule has 6 heteroatoms. The standard InChI is InChI=1S/C15H18N2O3S/c1-10-5-6-12(21-10)11(18)9-17-13(19)15(16-14(17)20)7-3-2-4-8-15/h5-6H,2-4,7-9H2,1H3,(H,16,20). The molecule has 2 heterocycles. The fourth-order valence-electron chi connectivity index (χ4n) is 3.12. The van der Waals surface area contributed by atoms with E-state index in [1.165, 1.54) is 11.3 Å². The summed E-state index contributed by atoms with van der Waals surface area (Å²) in [5.41, 5.74) is -0.749. The summed E-state index contributed by atoms with van der Waals surface area (Å²) >= 11 is 1.39. The molecule has 2 fully saturated rings. The Hall–Kier alpha value is -1.69. The van der Waals surface area contributed by atoms with E-state index in [9.17, 15) is 14.4 Å². The third kappa shape index (κ3) is 2.48. The number of rotatable bonds is 3. The van der Waals surface area contributed by atoms with E-state index in [-0.39, 0.29) is 18.2 Å². The molecule has 1 aliphatic carbocycles. The quantitative estimate of drug-likeness (QED) is 0.689. The molecule has 1 spiro atoms. The van der Waals surface area contributed by atoms with Crippen molar-refractivity contribution in [2.75, 3.05) is 6.54 Å². The van der Waals surface area contributed by atoms with Gasteiger partial charge in [-0.2, -0.15) is 0 Å². The van der Waals surface area contributed by atoms with Crippen molar-refractivity contribution in [3.05, 3.63) is 21.9 Å². The molecule has 1 aromatic rings. The number of Topliss-reactive ketones (excluding diaryl/α,β-unsaturated/α-hetero) is 1. The number of carbonyl (C=O) groups is 3. The molecule has 1 aromatic heterocycles. The molecule has 1 N–H and O–H groups in total. The monoisotopic (exact) mass is 306 g/mol. The topological polar surface area (TPSA) is 66.5 Å². The van der Waals surface area contributed by atoms with Crippen molar-refractivity contribution >= 4 is 29.1 Å². The second-order valence-corrected chi connectivity index (χ2v) is 7.09. The van der Waals surface area contributed by atoms with Crippen molar-refractivity contribution in [1.29, 1.82) is 0 Å². The van der Waals surface area contributed by atoms with Gasteiger partial charge in [-0.3, -0.25) is 14.5 Å². The van der Waals surface area contributed by atoms with Crippen LogP contribution in [0, 0.1) is 6.92 Å². The van der Waals surface area contributed by atoms with Gasteiger partial charge in [0.05, 0.1) is 11.4 Å². The molecule has 0 aromatic carbocycles. The minimum atomic E-state index is -0.749. The molecule has 112 valence electrons. The maximum atomic E-state index is 12.6. The number of nitrogens with one attached hydrogen (secondary N) is 1. The van der Waals surface area contributed by atoms with Crippen molar-refractivity contribution in [3.63, 3.8) is 0 Å². The Kier molecular flexibility index (Phi) is 3.57. The average molecular weight is 306 g/mol. The van der Waals surface area contributed by atoms with E-state index in [0.717, 1.165) is 29.0 Å². The molecule has 0 radical (unpaired) electrons. The van der Waals surface area contributed by atoms with Crippen LogP contribution < -0.4 is 5.32 Å². The van der Waals surface area contributed by atoms with Gasteiger partial charge in [-0.15, -0.1) is 11.3 Å². The minimum Gasteiger partial charge on any atom is -0.323 e. The van der Waals surface area contributed by atoms with Gasteiger partial charge < -0.3 is 5.32 Å². The summed E-state index contributed by atoms with van der Waals surface area (Å²) in [5.74, 6) is -0.404. The molecule has 1 saturated carbocycles. The molecule has 0 atom stereocenters. The number of imide groups is 1. The van der Waals surface area contributed by atoms with Gasteiger partial charge in [0.2, 0.25) is 0 Å². The van der Waals surface area contributed by atoms with Crippen LogP contribution in [0.3, 0.4) is 0 Å². The third-order valence-electron chi connectivity index (χ3n) is 4.27. The van der Waals surface area contributed by atoms with Crippen LogP contribution in [0.2, 0.25) is 0 Å². The summed E-state index contributed by atoms with van der Waals surface area (Å²) in [6.45, 7) is 1.76. The summed E-state index contributed by atoms with van der Waals surface area (Å²) in [6, 6.07) is 3.19. The number of aryl methyl sites for hydroxylation is 1. The minimum absolute atomic E-state index is 0.160. The Balaban J connectivity index is 1.75. The lowest BCUT2D eigenvalue weighted by molar-refractivity contribution is -0.132. The van der Waals surface area contributed by atoms with Crippen molar-refractivity contribution in [1.82, 2.24) is 10.2 Å². The van der Waals surface area contributed by atoms with Crippen molar-refractivity contribution in [2.24, 2.45) is 0 Å². The summed E-state index contributed by atoms with van der Waals surface area (Å²) < 4.78 is 0. The highest BCUT2D eigenvalue weighted by Crippen LogP contribution is 2.33. The summed E-state index contributed by atoms with van der Waals surface area (Å²) in [5, 5.41) is 2.82. The predicted octanol–water partition coefficient (Wildman–Crippen LogP) is 2.49. The first-order valence-electron chi connectivity index (χ1n) is 7.26. The number of thiophene rings is 1. The smallest absolute Gasteiger partial charge is 0.323 e. The maximum absolute atomic E-state index is 12.6. The van der Waals surface area contributed by atoms with E-state index in [2.05, 4.69) is 5.32 Å². The number of hydrogen-bond donors (Lipinski definition) is 1. The molecule has 1 saturated heterocycles. The molecule has 1 aliphatic heterocycles. The van der Waals surface area contributed by atoms with Crippen LogP contribution in [0.5, 0.6) is 0 Å². The van der Waals surface area contributed by atoms with E-state index in [1.54, 1.807) is 6.07 Å². The van der Waals surface area contributed by atoms with Gasteiger partial charge in [0.25, 0.3) is 5.91 Å². The number of nitrogens with zero attached hydrogens (tertiary/aromatic N) is 1. The van der Waals surface area contributed by atoms with Crippen LogP contribution >= 0.6 is 11.3 Å². The lowest BCUT2D eigenvalue weighted by Gasteiger charge is -2.30. The van der Waals surface area contributed by atoms with E-state index < -0.39 is 11.6 Å². The Morgan fingerprint density at radius 3 is 2.62 bits per heavy atom. The SMILES string of the molecule is Cc1ccc(C(=O)CN2C(=O)NC3(CCCCC3)C2=O)s1. The molecule has 3 rings (SSSR count). The first-order valence-corrected chi connectivity index (χ1v) is 8.07. The summed E-state index contributed by atoms with van der Waals surface area (Å²) in [4.78, 5) is 39.6. The zero-order chi connectivity index (χ0) is 15.0. The van der Waals surface area contributed by atoms with E-state index in [1.807, 2.05) is 13.0 Å². The van der Waals surface area contributed by atoms with Gasteiger partial charge in [0.15, 0.2) is 5.78 Å². The van der Waals surface area contributed by atoms with Crippen molar-refractivity contribution < 1.29 is 14.4 Å². The van der Waals surface area contributed by atoms with Crippen molar-refractivity contribution in [3.8, 4) is 0 Å². The third-order valence-corrected chi connectivity index (χ3v) is 5.31. The van der Waals surface area contributed by atoms with Crippen LogP contribution in [0.15, 0.2) is 12.1 Å². The van der Waals surface area contributed by atoms with Crippen molar-refractivity contribution in [2.45, 2.75) is 44.6 Å². The van der Waals surface area contributed by atoms with Crippen LogP contribution in [0.25, 0.3) is 0 Å². The number of urea groups is 1. The van der Waals surface area contributed by atoms with Gasteiger partial charge in [-0.25, -0.2) is 4.79 Å². The summed E-state index contributed by atoms with van der Waals surface area (Å²) in [7, 11) is 0. The zero-order valence-corrected chi connectivity index (χ0v) is 12.8. The van der Waals surface area contributed by atoms with E-state index >= 15 is 0 Å². The largest absolute Gasteiger partial charge is 0.325 e. The zero-order valence-electron chi connectivity index (χ0n) is 12.0. The molecule has 3 amide bonds. The van der Waals surface area contributed by atoms with Gasteiger partial charge in [0.1, 0.15) is 5.54 Å². The number of carbonyl (C=O) groups excluding carboxylic acids is 3. The Labute approximate surface area is 127 Å². The number of amides is 3. The first-order chi connectivity index (χ1) is 10.0. The molecule has 0 unspecified atom stereocenters. The highest BCUT2D eigenvalue weighted by Gasteiger charge is 2.51. The molecule has 0 bridgehead atoms. The van der Waals surface area contributed by atoms with Gasteiger partial charge in [-0.05, 0) is 31.9 Å². The maximum Gasteiger partial charge on any atom is 0.325 e. The summed E-state index contributed by atoms with van der Waals surface area (Å²) in [6.07, 6.45) is 4.34. The van der Waals surface area contributed by atoms with E-state index in [0.29, 0.717) is 17.7 Å². The molecular formula is C15H18N2O3S. The Morgan fingerprint density at radius 1 is 1.29 bits per heavy atom. The molecule has 2 aliphatic rings. The molecular weight excluding hydrogens is 288 g/mol. The van der Waals surface area contributed by atoms with Crippen LogP contribution in [0.1, 0.15) is 46.7 Å². The normalized spacial score (nSPS) is 20.9. The lowest BCUT2D eigenvalue weighted by atomic mass is 9.82. The molecule has 5 nitrogen and oxygen atoms in total. The second kappa shape index (κ2) is 5.26. The van der Waals surface area contributed by atoms with Gasteiger partial charge in [0, 0.05) is 4.88 Å². The lowest BCUT2D eigenvalue weighted by Crippen LogP contribution is -2.48. The fourth-order valence-corrected chi connectivity index (χ4v) is 3.92. The average Bonchev–Trinajstić information content (AvgIpc) is 2.98. The Bertz CT molecular complexity index is 602. The van der Waals surface area contributed by atoms with Crippen LogP contribution in [-0.2, 0) is 4.79 Å². The molecule has 21 heavy (non-hydrogen) atoms. The van der Waals surface area contributed by atoms with E-state index in [4.69, 9.17) is 0 Å². The van der Waals surface area contributed by atoms with Crippen LogP contribution in [-0.4, -0.2) is 34.7 Å². The predicted molar refractivity (Wildman–Crippen MR) is 79.4 cm³/mol. The highest BCUT2D eigenvalue weighted by molar-refractivity contribution is 7.14. The number of hydrogen-bond acceptors (Lipinski definition) is 4. The Morgan fingerprint density at radius 2 is 2.00 bits per heavy atom. The van der Waals surface area contributed by atoms with Gasteiger partial charge >= 0.3 is 6.03 Å². The van der Waals surface area contributed by atoms with Gasteiger partial charge in [-0.1, -0.05) is 19.3 Å². The second-order valence-electron chi connectivity index (χ2n) is 5.80. The highest BCUT2D eigenvalue weighted by atomic mass is 32.1. The number of ketones is 1.